The number of ether oxygens (including phenoxy) is 1. The molecule has 0 bridgehead atoms. The highest BCUT2D eigenvalue weighted by Gasteiger charge is 2.18. The Morgan fingerprint density at radius 3 is 2.84 bits per heavy atom. The van der Waals surface area contributed by atoms with Crippen molar-refractivity contribution in [3.8, 4) is 28.1 Å². The number of nitrogen functional groups attached to an aromatic ring is 1. The number of nitrogens with zero attached hydrogens (tertiary/aromatic N) is 4. The third kappa shape index (κ3) is 3.06. The quantitative estimate of drug-likeness (QED) is 0.762. The van der Waals surface area contributed by atoms with Crippen LogP contribution in [0.4, 0.5) is 5.82 Å². The van der Waals surface area contributed by atoms with Crippen molar-refractivity contribution in [3.05, 3.63) is 42.7 Å². The third-order valence-corrected chi connectivity index (χ3v) is 4.37. The summed E-state index contributed by atoms with van der Waals surface area (Å²) in [6.45, 7) is 0.760. The van der Waals surface area contributed by atoms with Gasteiger partial charge >= 0.3 is 0 Å². The van der Waals surface area contributed by atoms with Gasteiger partial charge in [-0.05, 0) is 37.5 Å². The first-order chi connectivity index (χ1) is 12.2. The number of aromatic hydroxyl groups is 1. The van der Waals surface area contributed by atoms with Gasteiger partial charge in [0, 0.05) is 29.5 Å². The fourth-order valence-electron chi connectivity index (χ4n) is 3.02. The average Bonchev–Trinajstić information content (AvgIpc) is 3.13. The molecule has 1 unspecified atom stereocenters. The summed E-state index contributed by atoms with van der Waals surface area (Å²) in [6, 6.07) is 8.83. The molecule has 1 aromatic carbocycles. The summed E-state index contributed by atoms with van der Waals surface area (Å²) < 4.78 is 7.59. The molecule has 0 saturated carbocycles. The summed E-state index contributed by atoms with van der Waals surface area (Å²) in [7, 11) is 0. The minimum atomic E-state index is -0.0313. The van der Waals surface area contributed by atoms with Crippen molar-refractivity contribution in [2.75, 3.05) is 12.3 Å². The maximum atomic E-state index is 10.0. The van der Waals surface area contributed by atoms with E-state index < -0.39 is 0 Å². The highest BCUT2D eigenvalue weighted by Crippen LogP contribution is 2.32. The van der Waals surface area contributed by atoms with Gasteiger partial charge in [-0.3, -0.25) is 0 Å². The van der Waals surface area contributed by atoms with E-state index in [1.165, 1.54) is 0 Å². The number of benzene rings is 1. The van der Waals surface area contributed by atoms with Crippen LogP contribution < -0.4 is 5.73 Å². The van der Waals surface area contributed by atoms with Crippen LogP contribution in [0.25, 0.3) is 22.4 Å². The smallest absolute Gasteiger partial charge is 0.154 e. The number of phenols is 1. The Labute approximate surface area is 145 Å². The van der Waals surface area contributed by atoms with Gasteiger partial charge in [-0.2, -0.15) is 5.10 Å². The van der Waals surface area contributed by atoms with Crippen LogP contribution in [0, 0.1) is 0 Å². The van der Waals surface area contributed by atoms with Crippen LogP contribution in [0.5, 0.6) is 5.75 Å². The number of phenolic OH excluding ortho intramolecular Hbond substituents is 1. The van der Waals surface area contributed by atoms with Gasteiger partial charge in [-0.1, -0.05) is 12.1 Å². The van der Waals surface area contributed by atoms with Crippen LogP contribution in [0.1, 0.15) is 25.5 Å². The maximum absolute atomic E-state index is 10.0. The summed E-state index contributed by atoms with van der Waals surface area (Å²) in [5.41, 5.74) is 8.77. The SMILES string of the molecule is Nc1nnc(-c2ccccc2O)cc1-c1cnn(C2CCCCO2)c1. The van der Waals surface area contributed by atoms with E-state index in [-0.39, 0.29) is 12.0 Å². The summed E-state index contributed by atoms with van der Waals surface area (Å²) >= 11 is 0. The molecule has 7 heteroatoms. The molecule has 3 aromatic rings. The van der Waals surface area contributed by atoms with Crippen molar-refractivity contribution in [2.45, 2.75) is 25.5 Å². The van der Waals surface area contributed by atoms with E-state index in [4.69, 9.17) is 10.5 Å². The van der Waals surface area contributed by atoms with Gasteiger partial charge in [0.2, 0.25) is 0 Å². The van der Waals surface area contributed by atoms with Gasteiger partial charge in [0.25, 0.3) is 0 Å². The minimum absolute atomic E-state index is 0.0313. The lowest BCUT2D eigenvalue weighted by Gasteiger charge is -2.22. The van der Waals surface area contributed by atoms with Gasteiger partial charge in [0.05, 0.1) is 11.9 Å². The van der Waals surface area contributed by atoms with E-state index in [0.717, 1.165) is 37.0 Å². The zero-order valence-electron chi connectivity index (χ0n) is 13.7. The topological polar surface area (TPSA) is 99.1 Å². The van der Waals surface area contributed by atoms with Crippen molar-refractivity contribution >= 4 is 5.82 Å². The van der Waals surface area contributed by atoms with E-state index in [2.05, 4.69) is 15.3 Å². The third-order valence-electron chi connectivity index (χ3n) is 4.37. The fourth-order valence-corrected chi connectivity index (χ4v) is 3.02. The first-order valence-corrected chi connectivity index (χ1v) is 8.30. The molecule has 2 aromatic heterocycles. The molecular formula is C18H19N5O2. The van der Waals surface area contributed by atoms with Crippen LogP contribution in [-0.2, 0) is 4.74 Å². The number of rotatable bonds is 3. The monoisotopic (exact) mass is 337 g/mol. The van der Waals surface area contributed by atoms with Crippen molar-refractivity contribution in [3.63, 3.8) is 0 Å². The van der Waals surface area contributed by atoms with Crippen LogP contribution in [0.2, 0.25) is 0 Å². The molecule has 1 fully saturated rings. The van der Waals surface area contributed by atoms with Crippen LogP contribution in [0.15, 0.2) is 42.7 Å². The van der Waals surface area contributed by atoms with E-state index in [1.807, 2.05) is 23.0 Å². The fraction of sp³-hybridized carbons (Fsp3) is 0.278. The molecule has 1 aliphatic heterocycles. The second-order valence-electron chi connectivity index (χ2n) is 6.08. The minimum Gasteiger partial charge on any atom is -0.507 e. The number of anilines is 1. The Balaban J connectivity index is 1.70. The predicted molar refractivity (Wildman–Crippen MR) is 93.6 cm³/mol. The normalized spacial score (nSPS) is 17.5. The lowest BCUT2D eigenvalue weighted by atomic mass is 10.1. The van der Waals surface area contributed by atoms with E-state index >= 15 is 0 Å². The molecule has 0 amide bonds. The number of para-hydroxylation sites is 1. The molecule has 4 rings (SSSR count). The highest BCUT2D eigenvalue weighted by molar-refractivity contribution is 5.78. The standard InChI is InChI=1S/C18H19N5O2/c19-18-14(9-15(21-22-18)13-5-1-2-6-16(13)24)12-10-20-23(11-12)17-7-3-4-8-25-17/h1-2,5-6,9-11,17,24H,3-4,7-8H2,(H2,19,22). The van der Waals surface area contributed by atoms with Gasteiger partial charge in [0.15, 0.2) is 5.82 Å². The van der Waals surface area contributed by atoms with Gasteiger partial charge < -0.3 is 15.6 Å². The van der Waals surface area contributed by atoms with Crippen molar-refractivity contribution in [2.24, 2.45) is 0 Å². The summed E-state index contributed by atoms with van der Waals surface area (Å²) in [5, 5.41) is 22.6. The van der Waals surface area contributed by atoms with Crippen molar-refractivity contribution in [1.29, 1.82) is 0 Å². The summed E-state index contributed by atoms with van der Waals surface area (Å²) in [4.78, 5) is 0. The zero-order chi connectivity index (χ0) is 17.2. The lowest BCUT2D eigenvalue weighted by Crippen LogP contribution is -2.18. The van der Waals surface area contributed by atoms with Crippen LogP contribution in [0.3, 0.4) is 0 Å². The zero-order valence-corrected chi connectivity index (χ0v) is 13.7. The molecular weight excluding hydrogens is 318 g/mol. The largest absolute Gasteiger partial charge is 0.507 e. The van der Waals surface area contributed by atoms with E-state index in [9.17, 15) is 5.11 Å². The number of hydrogen-bond donors (Lipinski definition) is 2. The van der Waals surface area contributed by atoms with Crippen LogP contribution in [-0.4, -0.2) is 31.7 Å². The first-order valence-electron chi connectivity index (χ1n) is 8.30. The van der Waals surface area contributed by atoms with Gasteiger partial charge in [-0.25, -0.2) is 4.68 Å². The van der Waals surface area contributed by atoms with E-state index in [1.54, 1.807) is 24.4 Å². The van der Waals surface area contributed by atoms with E-state index in [0.29, 0.717) is 17.1 Å². The highest BCUT2D eigenvalue weighted by atomic mass is 16.5. The maximum Gasteiger partial charge on any atom is 0.154 e. The number of hydrogen-bond acceptors (Lipinski definition) is 6. The molecule has 128 valence electrons. The molecule has 3 heterocycles. The molecule has 0 aliphatic carbocycles. The predicted octanol–water partition coefficient (Wildman–Crippen LogP) is 2.99. The second-order valence-corrected chi connectivity index (χ2v) is 6.08. The van der Waals surface area contributed by atoms with Crippen LogP contribution >= 0.6 is 0 Å². The van der Waals surface area contributed by atoms with Crippen molar-refractivity contribution < 1.29 is 9.84 Å². The Hall–Kier alpha value is -2.93. The number of nitrogens with two attached hydrogens (primary N) is 1. The molecule has 1 atom stereocenters. The molecule has 7 nitrogen and oxygen atoms in total. The van der Waals surface area contributed by atoms with Gasteiger partial charge in [0.1, 0.15) is 12.0 Å². The molecule has 0 radical (unpaired) electrons. The lowest BCUT2D eigenvalue weighted by molar-refractivity contribution is -0.0394. The average molecular weight is 337 g/mol. The molecule has 1 aliphatic rings. The Kier molecular flexibility index (Phi) is 4.07. The molecule has 1 saturated heterocycles. The van der Waals surface area contributed by atoms with Crippen molar-refractivity contribution in [1.82, 2.24) is 20.0 Å². The summed E-state index contributed by atoms with van der Waals surface area (Å²) in [6.07, 6.45) is 6.81. The Morgan fingerprint density at radius 2 is 2.04 bits per heavy atom. The first kappa shape index (κ1) is 15.6. The second kappa shape index (κ2) is 6.52. The summed E-state index contributed by atoms with van der Waals surface area (Å²) in [5.74, 6) is 0.474. The molecule has 0 spiro atoms. The number of aromatic nitrogens is 4. The van der Waals surface area contributed by atoms with Gasteiger partial charge in [-0.15, -0.1) is 10.2 Å². The molecule has 3 N–H and O–H groups in total. The Morgan fingerprint density at radius 1 is 1.16 bits per heavy atom. The molecule has 25 heavy (non-hydrogen) atoms. The Bertz CT molecular complexity index is 887.